The number of likely N-dealkylation sites (N-methyl/N-ethyl adjacent to an activating group) is 1. The molecule has 1 aliphatic heterocycles. The summed E-state index contributed by atoms with van der Waals surface area (Å²) >= 11 is 0. The van der Waals surface area contributed by atoms with Gasteiger partial charge in [0, 0.05) is 45.3 Å². The van der Waals surface area contributed by atoms with Crippen molar-refractivity contribution in [2.75, 3.05) is 51.6 Å². The molecule has 0 bridgehead atoms. The fourth-order valence-corrected chi connectivity index (χ4v) is 2.33. The first-order valence-electron chi connectivity index (χ1n) is 6.93. The van der Waals surface area contributed by atoms with Crippen LogP contribution in [0.4, 0.5) is 11.4 Å². The van der Waals surface area contributed by atoms with Gasteiger partial charge >= 0.3 is 0 Å². The summed E-state index contributed by atoms with van der Waals surface area (Å²) in [6.07, 6.45) is 0. The highest BCUT2D eigenvalue weighted by Gasteiger charge is 2.16. The van der Waals surface area contributed by atoms with Crippen LogP contribution >= 0.6 is 0 Å². The van der Waals surface area contributed by atoms with Crippen LogP contribution in [0.1, 0.15) is 5.56 Å². The van der Waals surface area contributed by atoms with Crippen LogP contribution in [-0.2, 0) is 0 Å². The lowest BCUT2D eigenvalue weighted by atomic mass is 10.2. The quantitative estimate of drug-likeness (QED) is 0.646. The average molecular weight is 289 g/mol. The Kier molecular flexibility index (Phi) is 5.09. The molecule has 1 N–H and O–H groups in total. The van der Waals surface area contributed by atoms with Gasteiger partial charge in [0.05, 0.1) is 16.6 Å². The van der Waals surface area contributed by atoms with Gasteiger partial charge in [-0.25, -0.2) is 0 Å². The molecule has 0 amide bonds. The summed E-state index contributed by atoms with van der Waals surface area (Å²) in [5.41, 5.74) is 0.836. The Morgan fingerprint density at radius 3 is 2.71 bits per heavy atom. The van der Waals surface area contributed by atoms with Crippen LogP contribution in [0.2, 0.25) is 0 Å². The Morgan fingerprint density at radius 2 is 2.10 bits per heavy atom. The van der Waals surface area contributed by atoms with Crippen molar-refractivity contribution in [1.82, 2.24) is 9.80 Å². The summed E-state index contributed by atoms with van der Waals surface area (Å²) < 4.78 is 0. The molecule has 0 aromatic heterocycles. The van der Waals surface area contributed by atoms with E-state index in [1.807, 2.05) is 6.07 Å². The molecule has 21 heavy (non-hydrogen) atoms. The lowest BCUT2D eigenvalue weighted by molar-refractivity contribution is -0.384. The number of benzene rings is 1. The zero-order valence-corrected chi connectivity index (χ0v) is 12.1. The van der Waals surface area contributed by atoms with Crippen LogP contribution < -0.4 is 5.32 Å². The molecule has 0 radical (unpaired) electrons. The third-order valence-electron chi connectivity index (χ3n) is 3.66. The number of nitrogens with one attached hydrogen (secondary N) is 1. The number of nitrogens with zero attached hydrogens (tertiary/aromatic N) is 4. The molecule has 1 aromatic rings. The van der Waals surface area contributed by atoms with E-state index in [2.05, 4.69) is 22.2 Å². The number of hydrogen-bond donors (Lipinski definition) is 1. The lowest BCUT2D eigenvalue weighted by Gasteiger charge is -2.32. The van der Waals surface area contributed by atoms with E-state index in [9.17, 15) is 10.1 Å². The van der Waals surface area contributed by atoms with Crippen LogP contribution in [-0.4, -0.2) is 61.0 Å². The molecular weight excluding hydrogens is 270 g/mol. The fraction of sp³-hybridized carbons (Fsp3) is 0.500. The van der Waals surface area contributed by atoms with Crippen LogP contribution in [0, 0.1) is 21.4 Å². The summed E-state index contributed by atoms with van der Waals surface area (Å²) in [5, 5.41) is 23.0. The second kappa shape index (κ2) is 7.02. The van der Waals surface area contributed by atoms with Crippen molar-refractivity contribution in [1.29, 1.82) is 5.26 Å². The fourth-order valence-electron chi connectivity index (χ4n) is 2.33. The van der Waals surface area contributed by atoms with Crippen LogP contribution in [0.5, 0.6) is 0 Å². The molecule has 1 heterocycles. The number of piperazine rings is 1. The summed E-state index contributed by atoms with van der Waals surface area (Å²) in [7, 11) is 2.10. The lowest BCUT2D eigenvalue weighted by Crippen LogP contribution is -2.45. The molecule has 1 fully saturated rings. The molecule has 7 heteroatoms. The second-order valence-corrected chi connectivity index (χ2v) is 5.17. The highest BCUT2D eigenvalue weighted by atomic mass is 16.6. The molecule has 2 rings (SSSR count). The highest BCUT2D eigenvalue weighted by Crippen LogP contribution is 2.25. The van der Waals surface area contributed by atoms with Gasteiger partial charge in [0.25, 0.3) is 5.69 Å². The van der Waals surface area contributed by atoms with Crippen molar-refractivity contribution in [3.63, 3.8) is 0 Å². The van der Waals surface area contributed by atoms with Crippen LogP contribution in [0.25, 0.3) is 0 Å². The molecule has 0 spiro atoms. The molecule has 7 nitrogen and oxygen atoms in total. The predicted octanol–water partition coefficient (Wildman–Crippen LogP) is 1.13. The van der Waals surface area contributed by atoms with E-state index < -0.39 is 4.92 Å². The zero-order valence-electron chi connectivity index (χ0n) is 12.1. The molecule has 112 valence electrons. The van der Waals surface area contributed by atoms with E-state index in [1.165, 1.54) is 18.2 Å². The predicted molar refractivity (Wildman–Crippen MR) is 80.2 cm³/mol. The van der Waals surface area contributed by atoms with Crippen molar-refractivity contribution in [2.45, 2.75) is 0 Å². The van der Waals surface area contributed by atoms with Gasteiger partial charge in [-0.3, -0.25) is 15.0 Å². The highest BCUT2D eigenvalue weighted by molar-refractivity contribution is 5.64. The van der Waals surface area contributed by atoms with E-state index in [-0.39, 0.29) is 5.69 Å². The Morgan fingerprint density at radius 1 is 1.38 bits per heavy atom. The number of nitro benzene ring substituents is 1. The minimum Gasteiger partial charge on any atom is -0.378 e. The van der Waals surface area contributed by atoms with Gasteiger partial charge in [-0.2, -0.15) is 5.26 Å². The molecule has 1 saturated heterocycles. The molecule has 0 saturated carbocycles. The number of nitriles is 1. The number of hydrogen-bond acceptors (Lipinski definition) is 6. The molecule has 0 aliphatic carbocycles. The first-order chi connectivity index (χ1) is 10.1. The van der Waals surface area contributed by atoms with Crippen molar-refractivity contribution in [3.8, 4) is 6.07 Å². The topological polar surface area (TPSA) is 85.4 Å². The maximum Gasteiger partial charge on any atom is 0.292 e. The Balaban J connectivity index is 1.93. The third-order valence-corrected chi connectivity index (χ3v) is 3.66. The number of anilines is 1. The molecule has 0 atom stereocenters. The molecular formula is C14H19N5O2. The first-order valence-corrected chi connectivity index (χ1v) is 6.93. The standard InChI is InChI=1S/C14H19N5O2/c1-17-6-8-18(9-7-17)5-4-16-13-10-12(11-15)2-3-14(13)19(20)21/h2-3,10,16H,4-9H2,1H3. The van der Waals surface area contributed by atoms with E-state index in [0.717, 1.165) is 32.7 Å². The van der Waals surface area contributed by atoms with Gasteiger partial charge in [0.2, 0.25) is 0 Å². The Labute approximate surface area is 123 Å². The van der Waals surface area contributed by atoms with Gasteiger partial charge in [-0.05, 0) is 19.2 Å². The van der Waals surface area contributed by atoms with Gasteiger partial charge < -0.3 is 10.2 Å². The summed E-state index contributed by atoms with van der Waals surface area (Å²) in [4.78, 5) is 15.2. The second-order valence-electron chi connectivity index (χ2n) is 5.17. The normalized spacial score (nSPS) is 16.4. The van der Waals surface area contributed by atoms with Crippen molar-refractivity contribution >= 4 is 11.4 Å². The molecule has 0 unspecified atom stereocenters. The Hall–Kier alpha value is -2.17. The zero-order chi connectivity index (χ0) is 15.2. The van der Waals surface area contributed by atoms with E-state index >= 15 is 0 Å². The molecule has 1 aromatic carbocycles. The van der Waals surface area contributed by atoms with Crippen LogP contribution in [0.15, 0.2) is 18.2 Å². The minimum atomic E-state index is -0.431. The minimum absolute atomic E-state index is 0.00683. The third kappa shape index (κ3) is 4.15. The maximum atomic E-state index is 11.0. The van der Waals surface area contributed by atoms with E-state index in [0.29, 0.717) is 17.8 Å². The van der Waals surface area contributed by atoms with Gasteiger partial charge in [-0.1, -0.05) is 0 Å². The average Bonchev–Trinajstić information content (AvgIpc) is 2.49. The SMILES string of the molecule is CN1CCN(CCNc2cc(C#N)ccc2[N+](=O)[O-])CC1. The summed E-state index contributed by atoms with van der Waals surface area (Å²) in [5.74, 6) is 0. The summed E-state index contributed by atoms with van der Waals surface area (Å²) in [6.45, 7) is 5.58. The molecule has 1 aliphatic rings. The number of nitro groups is 1. The van der Waals surface area contributed by atoms with Crippen molar-refractivity contribution < 1.29 is 4.92 Å². The van der Waals surface area contributed by atoms with E-state index in [1.54, 1.807) is 0 Å². The smallest absolute Gasteiger partial charge is 0.292 e. The van der Waals surface area contributed by atoms with Crippen molar-refractivity contribution in [2.24, 2.45) is 0 Å². The van der Waals surface area contributed by atoms with E-state index in [4.69, 9.17) is 5.26 Å². The summed E-state index contributed by atoms with van der Waals surface area (Å²) in [6, 6.07) is 6.36. The van der Waals surface area contributed by atoms with Crippen LogP contribution in [0.3, 0.4) is 0 Å². The van der Waals surface area contributed by atoms with Gasteiger partial charge in [0.1, 0.15) is 5.69 Å². The first kappa shape index (κ1) is 15.2. The monoisotopic (exact) mass is 289 g/mol. The Bertz CT molecular complexity index is 547. The van der Waals surface area contributed by atoms with Gasteiger partial charge in [-0.15, -0.1) is 0 Å². The van der Waals surface area contributed by atoms with Gasteiger partial charge in [0.15, 0.2) is 0 Å². The largest absolute Gasteiger partial charge is 0.378 e. The number of rotatable bonds is 5. The maximum absolute atomic E-state index is 11.0. The van der Waals surface area contributed by atoms with Crippen molar-refractivity contribution in [3.05, 3.63) is 33.9 Å².